The van der Waals surface area contributed by atoms with Crippen LogP contribution in [-0.2, 0) is 4.79 Å². The molecule has 0 radical (unpaired) electrons. The second-order valence-electron chi connectivity index (χ2n) is 3.86. The average Bonchev–Trinajstić information content (AvgIpc) is 2.65. The molecule has 0 aliphatic carbocycles. The fourth-order valence-corrected chi connectivity index (χ4v) is 4.69. The number of hydrogen-bond acceptors (Lipinski definition) is 3. The van der Waals surface area contributed by atoms with E-state index < -0.39 is 0 Å². The van der Waals surface area contributed by atoms with Crippen LogP contribution in [0.2, 0.25) is 0 Å². The predicted octanol–water partition coefficient (Wildman–Crippen LogP) is 4.07. The Bertz CT molecular complexity index is 165. The van der Waals surface area contributed by atoms with Gasteiger partial charge in [0.25, 0.3) is 0 Å². The Labute approximate surface area is 95.2 Å². The number of carbonyl (C=O) groups is 1. The first-order valence-electron chi connectivity index (χ1n) is 5.63. The quantitative estimate of drug-likeness (QED) is 0.486. The molecular weight excluding hydrogens is 212 g/mol. The molecule has 1 nitrogen and oxygen atoms in total. The van der Waals surface area contributed by atoms with Gasteiger partial charge in [-0.2, -0.15) is 0 Å². The van der Waals surface area contributed by atoms with E-state index in [-0.39, 0.29) is 0 Å². The van der Waals surface area contributed by atoms with Crippen molar-refractivity contribution >= 4 is 27.4 Å². The van der Waals surface area contributed by atoms with Gasteiger partial charge in [-0.3, -0.25) is 4.79 Å². The van der Waals surface area contributed by atoms with Crippen LogP contribution in [0.5, 0.6) is 0 Å². The Morgan fingerprint density at radius 3 is 2.86 bits per heavy atom. The first-order valence-corrected chi connectivity index (χ1v) is 8.01. The topological polar surface area (TPSA) is 17.1 Å². The van der Waals surface area contributed by atoms with Crippen molar-refractivity contribution in [3.8, 4) is 0 Å². The third-order valence-electron chi connectivity index (χ3n) is 2.49. The third kappa shape index (κ3) is 5.30. The van der Waals surface area contributed by atoms with Crippen LogP contribution in [0.4, 0.5) is 0 Å². The summed E-state index contributed by atoms with van der Waals surface area (Å²) in [5.41, 5.74) is 0. The Morgan fingerprint density at radius 1 is 1.36 bits per heavy atom. The minimum absolute atomic E-state index is 0.459. The van der Waals surface area contributed by atoms with E-state index in [4.69, 9.17) is 0 Å². The molecule has 1 unspecified atom stereocenters. The largest absolute Gasteiger partial charge is 0.300 e. The highest BCUT2D eigenvalue weighted by atomic mass is 33.1. The lowest BCUT2D eigenvalue weighted by atomic mass is 10.1. The third-order valence-corrected chi connectivity index (χ3v) is 5.49. The molecule has 0 bridgehead atoms. The summed E-state index contributed by atoms with van der Waals surface area (Å²) in [6.07, 6.45) is 7.66. The first kappa shape index (κ1) is 12.4. The summed E-state index contributed by atoms with van der Waals surface area (Å²) in [6.45, 7) is 2.07. The lowest BCUT2D eigenvalue weighted by molar-refractivity contribution is -0.119. The summed E-state index contributed by atoms with van der Waals surface area (Å²) in [6, 6.07) is 0. The second-order valence-corrected chi connectivity index (χ2v) is 6.65. The lowest BCUT2D eigenvalue weighted by Crippen LogP contribution is -2.00. The Kier molecular flexibility index (Phi) is 6.78. The molecule has 0 aromatic rings. The summed E-state index contributed by atoms with van der Waals surface area (Å²) >= 11 is 0. The van der Waals surface area contributed by atoms with Gasteiger partial charge in [0.2, 0.25) is 0 Å². The highest BCUT2D eigenvalue weighted by Gasteiger charge is 2.15. The molecule has 1 fully saturated rings. The van der Waals surface area contributed by atoms with E-state index in [0.717, 1.165) is 30.9 Å². The van der Waals surface area contributed by atoms with Crippen molar-refractivity contribution in [1.82, 2.24) is 0 Å². The van der Waals surface area contributed by atoms with Gasteiger partial charge < -0.3 is 0 Å². The van der Waals surface area contributed by atoms with Crippen molar-refractivity contribution in [3.63, 3.8) is 0 Å². The molecule has 1 saturated heterocycles. The van der Waals surface area contributed by atoms with Gasteiger partial charge in [0.15, 0.2) is 0 Å². The Hall–Kier alpha value is 0.370. The fourth-order valence-electron chi connectivity index (χ4n) is 1.66. The molecule has 1 atom stereocenters. The normalized spacial score (nSPS) is 21.4. The maximum Gasteiger partial charge on any atom is 0.132 e. The van der Waals surface area contributed by atoms with Crippen LogP contribution >= 0.6 is 21.6 Å². The van der Waals surface area contributed by atoms with Crippen molar-refractivity contribution in [2.24, 2.45) is 0 Å². The van der Waals surface area contributed by atoms with Crippen molar-refractivity contribution in [3.05, 3.63) is 0 Å². The molecule has 0 N–H and O–H groups in total. The van der Waals surface area contributed by atoms with Crippen LogP contribution in [0.15, 0.2) is 0 Å². The fraction of sp³-hybridized carbons (Fsp3) is 0.909. The molecule has 1 aliphatic rings. The molecular formula is C11H20OS2. The molecule has 14 heavy (non-hydrogen) atoms. The standard InChI is InChI=1S/C11H20OS2/c1-2-5-10(12)6-3-4-7-11-8-9-13-14-11/h11H,2-9H2,1H3. The Balaban J connectivity index is 1.90. The zero-order valence-corrected chi connectivity index (χ0v) is 10.6. The van der Waals surface area contributed by atoms with E-state index in [1.807, 2.05) is 21.6 Å². The van der Waals surface area contributed by atoms with Crippen molar-refractivity contribution < 1.29 is 4.79 Å². The molecule has 0 aromatic heterocycles. The molecule has 1 heterocycles. The smallest absolute Gasteiger partial charge is 0.132 e. The minimum Gasteiger partial charge on any atom is -0.300 e. The maximum atomic E-state index is 11.2. The van der Waals surface area contributed by atoms with Gasteiger partial charge in [-0.1, -0.05) is 34.9 Å². The van der Waals surface area contributed by atoms with E-state index in [0.29, 0.717) is 5.78 Å². The molecule has 82 valence electrons. The van der Waals surface area contributed by atoms with Crippen molar-refractivity contribution in [2.75, 3.05) is 5.75 Å². The van der Waals surface area contributed by atoms with E-state index in [2.05, 4.69) is 6.92 Å². The van der Waals surface area contributed by atoms with E-state index >= 15 is 0 Å². The SMILES string of the molecule is CCCC(=O)CCCCC1CCSS1. The van der Waals surface area contributed by atoms with Gasteiger partial charge >= 0.3 is 0 Å². The maximum absolute atomic E-state index is 11.2. The second kappa shape index (κ2) is 7.63. The van der Waals surface area contributed by atoms with Crippen LogP contribution in [0, 0.1) is 0 Å². The van der Waals surface area contributed by atoms with Crippen molar-refractivity contribution in [2.45, 2.75) is 57.1 Å². The van der Waals surface area contributed by atoms with Gasteiger partial charge in [0, 0.05) is 23.8 Å². The van der Waals surface area contributed by atoms with E-state index in [9.17, 15) is 4.79 Å². The van der Waals surface area contributed by atoms with Crippen LogP contribution in [0.3, 0.4) is 0 Å². The molecule has 0 saturated carbocycles. The molecule has 0 aromatic carbocycles. The van der Waals surface area contributed by atoms with E-state index in [1.54, 1.807) is 0 Å². The number of hydrogen-bond donors (Lipinski definition) is 0. The first-order chi connectivity index (χ1) is 6.83. The molecule has 3 heteroatoms. The average molecular weight is 232 g/mol. The highest BCUT2D eigenvalue weighted by molar-refractivity contribution is 8.77. The molecule has 0 spiro atoms. The zero-order valence-electron chi connectivity index (χ0n) is 8.96. The van der Waals surface area contributed by atoms with Crippen LogP contribution < -0.4 is 0 Å². The molecule has 0 amide bonds. The summed E-state index contributed by atoms with van der Waals surface area (Å²) in [5, 5.41) is 0.876. The number of Topliss-reactive ketones (excluding diaryl/α,β-unsaturated/α-hetero) is 1. The monoisotopic (exact) mass is 232 g/mol. The van der Waals surface area contributed by atoms with Gasteiger partial charge in [-0.25, -0.2) is 0 Å². The van der Waals surface area contributed by atoms with Crippen LogP contribution in [-0.4, -0.2) is 16.8 Å². The molecule has 1 aliphatic heterocycles. The summed E-state index contributed by atoms with van der Waals surface area (Å²) < 4.78 is 0. The van der Waals surface area contributed by atoms with Gasteiger partial charge in [-0.15, -0.1) is 0 Å². The zero-order chi connectivity index (χ0) is 10.2. The highest BCUT2D eigenvalue weighted by Crippen LogP contribution is 2.39. The minimum atomic E-state index is 0.459. The Morgan fingerprint density at radius 2 is 2.21 bits per heavy atom. The molecule has 1 rings (SSSR count). The number of rotatable bonds is 7. The van der Waals surface area contributed by atoms with Crippen LogP contribution in [0.25, 0.3) is 0 Å². The number of carbonyl (C=O) groups excluding carboxylic acids is 1. The summed E-state index contributed by atoms with van der Waals surface area (Å²) in [4.78, 5) is 11.2. The number of ketones is 1. The predicted molar refractivity (Wildman–Crippen MR) is 66.8 cm³/mol. The van der Waals surface area contributed by atoms with Gasteiger partial charge in [0.05, 0.1) is 0 Å². The van der Waals surface area contributed by atoms with Crippen LogP contribution in [0.1, 0.15) is 51.9 Å². The summed E-state index contributed by atoms with van der Waals surface area (Å²) in [7, 11) is 4.05. The van der Waals surface area contributed by atoms with E-state index in [1.165, 1.54) is 25.0 Å². The number of unbranched alkanes of at least 4 members (excludes halogenated alkanes) is 1. The van der Waals surface area contributed by atoms with Gasteiger partial charge in [0.1, 0.15) is 5.78 Å². The van der Waals surface area contributed by atoms with Crippen molar-refractivity contribution in [1.29, 1.82) is 0 Å². The lowest BCUT2D eigenvalue weighted by Gasteiger charge is -2.05. The summed E-state index contributed by atoms with van der Waals surface area (Å²) in [5.74, 6) is 1.78. The van der Waals surface area contributed by atoms with Gasteiger partial charge in [-0.05, 0) is 25.7 Å².